The number of ketones is 1. The molecule has 3 aliphatic carbocycles. The number of hydrogen-bond donors (Lipinski definition) is 4. The van der Waals surface area contributed by atoms with E-state index in [1.807, 2.05) is 0 Å². The van der Waals surface area contributed by atoms with E-state index in [0.717, 1.165) is 13.8 Å². The highest BCUT2D eigenvalue weighted by molar-refractivity contribution is 5.96. The predicted octanol–water partition coefficient (Wildman–Crippen LogP) is 3.74. The number of Topliss-reactive ketones (excluding diaryl/α,β-unsaturated/α-hetero) is 1. The quantitative estimate of drug-likeness (QED) is 0.130. The molecule has 7 rings (SSSR count). The molecule has 3 aromatic carbocycles. The first kappa shape index (κ1) is 44.3. The number of rotatable bonds is 10. The van der Waals surface area contributed by atoms with Crippen LogP contribution in [0.2, 0.25) is 0 Å². The highest BCUT2D eigenvalue weighted by atomic mass is 16.6. The zero-order valence-corrected chi connectivity index (χ0v) is 35.2. The summed E-state index contributed by atoms with van der Waals surface area (Å²) in [6.07, 6.45) is -10.5. The zero-order valence-electron chi connectivity index (χ0n) is 35.2. The predicted molar refractivity (Wildman–Crippen MR) is 218 cm³/mol. The second kappa shape index (κ2) is 16.5. The molecular weight excluding hydrogens is 803 g/mol. The topological polar surface area (TPSA) is 221 Å². The van der Waals surface area contributed by atoms with E-state index in [9.17, 15) is 39.3 Å². The largest absolute Gasteiger partial charge is 0.456 e. The molecule has 2 saturated carbocycles. The number of amides is 1. The Bertz CT molecular complexity index is 2280. The Kier molecular flexibility index (Phi) is 11.8. The fraction of sp³-hybridized carbons (Fsp3) is 0.447. The molecule has 1 unspecified atom stereocenters. The molecule has 4 N–H and O–H groups in total. The zero-order chi connectivity index (χ0) is 44.9. The highest BCUT2D eigenvalue weighted by Gasteiger charge is 2.78. The molecule has 3 fully saturated rings. The van der Waals surface area contributed by atoms with Crippen molar-refractivity contribution >= 4 is 35.6 Å². The number of fused-ring (bicyclic) bond motifs is 5. The van der Waals surface area contributed by atoms with E-state index in [0.29, 0.717) is 5.56 Å². The molecular formula is C47H51NO14. The Morgan fingerprint density at radius 3 is 1.95 bits per heavy atom. The van der Waals surface area contributed by atoms with Crippen molar-refractivity contribution in [2.24, 2.45) is 16.7 Å². The first-order valence-corrected chi connectivity index (χ1v) is 20.5. The average molecular weight is 854 g/mol. The van der Waals surface area contributed by atoms with Crippen LogP contribution >= 0.6 is 0 Å². The lowest BCUT2D eigenvalue weighted by atomic mass is 9.44. The van der Waals surface area contributed by atoms with E-state index in [4.69, 9.17) is 23.7 Å². The Morgan fingerprint density at radius 2 is 1.40 bits per heavy atom. The third-order valence-electron chi connectivity index (χ3n) is 13.5. The normalized spacial score (nSPS) is 31.9. The lowest BCUT2D eigenvalue weighted by molar-refractivity contribution is -0.346. The molecule has 0 aromatic heterocycles. The van der Waals surface area contributed by atoms with Gasteiger partial charge in [0.1, 0.15) is 23.9 Å². The van der Waals surface area contributed by atoms with Crippen molar-refractivity contribution in [1.29, 1.82) is 0 Å². The molecule has 0 radical (unpaired) electrons. The van der Waals surface area contributed by atoms with E-state index in [-0.39, 0.29) is 35.3 Å². The average Bonchev–Trinajstić information content (AvgIpc) is 3.24. The Labute approximate surface area is 358 Å². The Morgan fingerprint density at radius 1 is 0.823 bits per heavy atom. The van der Waals surface area contributed by atoms with Gasteiger partial charge in [0.2, 0.25) is 0 Å². The van der Waals surface area contributed by atoms with Crippen LogP contribution in [0.25, 0.3) is 0 Å². The van der Waals surface area contributed by atoms with Gasteiger partial charge in [-0.1, -0.05) is 80.6 Å². The Balaban J connectivity index is 1.39. The molecule has 1 heterocycles. The van der Waals surface area contributed by atoms with E-state index in [2.05, 4.69) is 5.32 Å². The number of ether oxygens (including phenoxy) is 5. The lowest BCUT2D eigenvalue weighted by Crippen LogP contribution is -2.82. The second-order valence-corrected chi connectivity index (χ2v) is 17.4. The molecule has 1 amide bonds. The molecule has 15 nitrogen and oxygen atoms in total. The third kappa shape index (κ3) is 7.29. The van der Waals surface area contributed by atoms with Gasteiger partial charge in [0.15, 0.2) is 23.6 Å². The summed E-state index contributed by atoms with van der Waals surface area (Å²) in [4.78, 5) is 83.5. The van der Waals surface area contributed by atoms with Crippen molar-refractivity contribution in [3.05, 3.63) is 119 Å². The number of carbonyl (C=O) groups excluding carboxylic acids is 6. The van der Waals surface area contributed by atoms with Crippen molar-refractivity contribution in [2.45, 2.75) is 108 Å². The summed E-state index contributed by atoms with van der Waals surface area (Å²) >= 11 is 0. The van der Waals surface area contributed by atoms with Crippen molar-refractivity contribution in [2.75, 3.05) is 6.61 Å². The maximum absolute atomic E-state index is 15.5. The van der Waals surface area contributed by atoms with Crippen LogP contribution in [-0.4, -0.2) is 105 Å². The first-order valence-electron chi connectivity index (χ1n) is 20.5. The number of aliphatic hydroxyl groups excluding tert-OH is 2. The molecule has 15 heteroatoms. The molecule has 3 aromatic rings. The Hall–Kier alpha value is -5.74. The summed E-state index contributed by atoms with van der Waals surface area (Å²) in [6, 6.07) is 22.9. The number of nitrogens with one attached hydrogen (secondary N) is 1. The fourth-order valence-electron chi connectivity index (χ4n) is 10.2. The van der Waals surface area contributed by atoms with E-state index in [1.165, 1.54) is 26.0 Å². The van der Waals surface area contributed by atoms with Gasteiger partial charge in [-0.05, 0) is 54.8 Å². The van der Waals surface area contributed by atoms with Gasteiger partial charge in [0.05, 0.1) is 35.6 Å². The molecule has 1 saturated heterocycles. The minimum absolute atomic E-state index is 0.00289. The summed E-state index contributed by atoms with van der Waals surface area (Å²) in [5, 5.41) is 40.2. The van der Waals surface area contributed by atoms with Crippen molar-refractivity contribution in [3.8, 4) is 0 Å². The van der Waals surface area contributed by atoms with Crippen LogP contribution < -0.4 is 5.32 Å². The summed E-state index contributed by atoms with van der Waals surface area (Å²) in [7, 11) is 0. The van der Waals surface area contributed by atoms with Crippen LogP contribution in [0.1, 0.15) is 86.7 Å². The monoisotopic (exact) mass is 853 g/mol. The van der Waals surface area contributed by atoms with Crippen LogP contribution in [-0.2, 0) is 42.9 Å². The van der Waals surface area contributed by atoms with E-state index >= 15 is 4.79 Å². The molecule has 328 valence electrons. The minimum atomic E-state index is -2.39. The van der Waals surface area contributed by atoms with E-state index < -0.39 is 113 Å². The van der Waals surface area contributed by atoms with E-state index in [1.54, 1.807) is 92.7 Å². The van der Waals surface area contributed by atoms with Gasteiger partial charge in [-0.15, -0.1) is 0 Å². The third-order valence-corrected chi connectivity index (χ3v) is 13.5. The van der Waals surface area contributed by atoms with Gasteiger partial charge in [-0.3, -0.25) is 19.2 Å². The number of esters is 4. The smallest absolute Gasteiger partial charge is 0.338 e. The number of carbonyl (C=O) groups is 6. The SMILES string of the molecule is CC(=O)O[C@H]1C(=O)[C@@]2(C)C([C@@H](OC(=O)c3ccccc3)[C@]3(O)C[C@H](OC(=O)[C@@H](O)[C@H](NC(=O)c4ccccc4)c4ccccc4)C(C)=C1C3(C)C)[C@]1(OC(C)=O)CO[C@@H]1C[C@H]2O. The highest BCUT2D eigenvalue weighted by Crippen LogP contribution is 2.64. The van der Waals surface area contributed by atoms with Gasteiger partial charge < -0.3 is 44.3 Å². The molecule has 2 bridgehead atoms. The van der Waals surface area contributed by atoms with Crippen LogP contribution in [0.3, 0.4) is 0 Å². The summed E-state index contributed by atoms with van der Waals surface area (Å²) in [6.45, 7) is 7.97. The van der Waals surface area contributed by atoms with Gasteiger partial charge in [-0.25, -0.2) is 9.59 Å². The van der Waals surface area contributed by atoms with Crippen LogP contribution in [0, 0.1) is 16.7 Å². The standard InChI is InChI=1S/C47H51NO14/c1-25-31(60-43(56)36(52)35(28-16-10-7-11-17-28)48-41(54)29-18-12-8-13-19-29)23-47(57)40(61-42(55)30-20-14-9-15-21-30)38-45(6,32(51)22-33-46(38,24-58-33)62-27(3)50)39(53)37(59-26(2)49)34(25)44(47,4)5/h7-21,31-33,35-38,40,51-52,57H,22-24H2,1-6H3,(H,48,54)/t31-,32+,33+,35+,36-,37+,38?,40+,45+,46-,47+/m0/s1. The maximum Gasteiger partial charge on any atom is 0.338 e. The number of aliphatic hydroxyl groups is 3. The molecule has 4 aliphatic rings. The fourth-order valence-corrected chi connectivity index (χ4v) is 10.2. The number of hydrogen-bond acceptors (Lipinski definition) is 14. The molecule has 0 spiro atoms. The molecule has 62 heavy (non-hydrogen) atoms. The minimum Gasteiger partial charge on any atom is -0.456 e. The second-order valence-electron chi connectivity index (χ2n) is 17.4. The summed E-state index contributed by atoms with van der Waals surface area (Å²) in [5.41, 5.74) is -7.02. The van der Waals surface area contributed by atoms with Crippen LogP contribution in [0.4, 0.5) is 0 Å². The summed E-state index contributed by atoms with van der Waals surface area (Å²) < 4.78 is 30.3. The number of benzene rings is 3. The van der Waals surface area contributed by atoms with Gasteiger partial charge >= 0.3 is 23.9 Å². The van der Waals surface area contributed by atoms with Gasteiger partial charge in [-0.2, -0.15) is 0 Å². The van der Waals surface area contributed by atoms with Crippen molar-refractivity contribution < 1.29 is 67.8 Å². The van der Waals surface area contributed by atoms with Crippen LogP contribution in [0.15, 0.2) is 102 Å². The van der Waals surface area contributed by atoms with Crippen molar-refractivity contribution in [1.82, 2.24) is 5.32 Å². The maximum atomic E-state index is 15.5. The molecule has 11 atom stereocenters. The summed E-state index contributed by atoms with van der Waals surface area (Å²) in [5.74, 6) is -6.84. The van der Waals surface area contributed by atoms with Crippen molar-refractivity contribution in [3.63, 3.8) is 0 Å². The first-order chi connectivity index (χ1) is 29.3. The van der Waals surface area contributed by atoms with Gasteiger partial charge in [0, 0.05) is 37.7 Å². The molecule has 1 aliphatic heterocycles. The van der Waals surface area contributed by atoms with Gasteiger partial charge in [0.25, 0.3) is 5.91 Å². The van der Waals surface area contributed by atoms with Crippen LogP contribution in [0.5, 0.6) is 0 Å². The lowest BCUT2D eigenvalue weighted by Gasteiger charge is -2.67.